The molecule has 1 aliphatic heterocycles. The van der Waals surface area contributed by atoms with E-state index in [0.29, 0.717) is 31.3 Å². The standard InChI is InChI=1S/C11H12ClNO3/c12-8-1-2-9(10(14)7-8)11(15)13-3-5-16-6-4-13/h1-2,7,14H,3-6H2. The smallest absolute Gasteiger partial charge is 0.257 e. The Morgan fingerprint density at radius 1 is 1.38 bits per heavy atom. The van der Waals surface area contributed by atoms with Gasteiger partial charge >= 0.3 is 0 Å². The number of aromatic hydroxyl groups is 1. The Bertz CT molecular complexity index is 402. The van der Waals surface area contributed by atoms with E-state index in [1.165, 1.54) is 12.1 Å². The summed E-state index contributed by atoms with van der Waals surface area (Å²) in [6.07, 6.45) is 0. The van der Waals surface area contributed by atoms with Crippen LogP contribution >= 0.6 is 11.6 Å². The van der Waals surface area contributed by atoms with E-state index in [9.17, 15) is 9.90 Å². The molecule has 0 aliphatic carbocycles. The highest BCUT2D eigenvalue weighted by atomic mass is 35.5. The summed E-state index contributed by atoms with van der Waals surface area (Å²) in [7, 11) is 0. The molecule has 0 spiro atoms. The number of amides is 1. The summed E-state index contributed by atoms with van der Waals surface area (Å²) in [5, 5.41) is 10.0. The lowest BCUT2D eigenvalue weighted by Gasteiger charge is -2.27. The third kappa shape index (κ3) is 2.28. The van der Waals surface area contributed by atoms with Gasteiger partial charge in [-0.15, -0.1) is 0 Å². The molecule has 1 aromatic rings. The number of carbonyl (C=O) groups is 1. The van der Waals surface area contributed by atoms with E-state index in [0.717, 1.165) is 0 Å². The SMILES string of the molecule is O=C(c1ccc(Cl)cc1O)N1CCOCC1. The summed E-state index contributed by atoms with van der Waals surface area (Å²) >= 11 is 5.70. The fourth-order valence-electron chi connectivity index (χ4n) is 1.62. The molecule has 1 fully saturated rings. The first kappa shape index (κ1) is 11.2. The second kappa shape index (κ2) is 4.72. The molecule has 1 heterocycles. The van der Waals surface area contributed by atoms with Crippen molar-refractivity contribution in [3.05, 3.63) is 28.8 Å². The van der Waals surface area contributed by atoms with Gasteiger partial charge in [-0.25, -0.2) is 0 Å². The maximum Gasteiger partial charge on any atom is 0.257 e. The van der Waals surface area contributed by atoms with Crippen LogP contribution in [0.3, 0.4) is 0 Å². The molecule has 0 aromatic heterocycles. The summed E-state index contributed by atoms with van der Waals surface area (Å²) in [6, 6.07) is 4.50. The zero-order valence-corrected chi connectivity index (χ0v) is 9.41. The van der Waals surface area contributed by atoms with Gasteiger partial charge in [0.05, 0.1) is 18.8 Å². The van der Waals surface area contributed by atoms with Crippen molar-refractivity contribution in [3.8, 4) is 5.75 Å². The van der Waals surface area contributed by atoms with Crippen LogP contribution in [0.15, 0.2) is 18.2 Å². The highest BCUT2D eigenvalue weighted by Gasteiger charge is 2.20. The molecule has 1 aromatic carbocycles. The quantitative estimate of drug-likeness (QED) is 0.811. The molecule has 0 bridgehead atoms. The van der Waals surface area contributed by atoms with Gasteiger partial charge in [0.25, 0.3) is 5.91 Å². The van der Waals surface area contributed by atoms with Crippen molar-refractivity contribution in [1.82, 2.24) is 4.90 Å². The molecule has 16 heavy (non-hydrogen) atoms. The summed E-state index contributed by atoms with van der Waals surface area (Å²) in [6.45, 7) is 2.20. The molecule has 1 amide bonds. The molecular formula is C11H12ClNO3. The van der Waals surface area contributed by atoms with Crippen molar-refractivity contribution < 1.29 is 14.6 Å². The largest absolute Gasteiger partial charge is 0.507 e. The first-order valence-electron chi connectivity index (χ1n) is 5.04. The number of morpholine rings is 1. The molecular weight excluding hydrogens is 230 g/mol. The number of nitrogens with zero attached hydrogens (tertiary/aromatic N) is 1. The zero-order valence-electron chi connectivity index (χ0n) is 8.65. The van der Waals surface area contributed by atoms with Crippen molar-refractivity contribution in [3.63, 3.8) is 0 Å². The average Bonchev–Trinajstić information content (AvgIpc) is 2.29. The van der Waals surface area contributed by atoms with Gasteiger partial charge in [0.1, 0.15) is 5.75 Å². The van der Waals surface area contributed by atoms with Crippen LogP contribution in [0.5, 0.6) is 5.75 Å². The second-order valence-electron chi connectivity index (χ2n) is 3.57. The summed E-state index contributed by atoms with van der Waals surface area (Å²) in [4.78, 5) is 13.7. The number of rotatable bonds is 1. The fourth-order valence-corrected chi connectivity index (χ4v) is 1.79. The number of hydrogen-bond acceptors (Lipinski definition) is 3. The van der Waals surface area contributed by atoms with Crippen molar-refractivity contribution in [1.29, 1.82) is 0 Å². The van der Waals surface area contributed by atoms with Crippen LogP contribution in [-0.2, 0) is 4.74 Å². The van der Waals surface area contributed by atoms with Gasteiger partial charge in [-0.3, -0.25) is 4.79 Å². The maximum atomic E-state index is 12.0. The Balaban J connectivity index is 2.19. The summed E-state index contributed by atoms with van der Waals surface area (Å²) in [5.41, 5.74) is 0.284. The number of halogens is 1. The highest BCUT2D eigenvalue weighted by molar-refractivity contribution is 6.30. The van der Waals surface area contributed by atoms with Crippen LogP contribution in [0.2, 0.25) is 5.02 Å². The number of carbonyl (C=O) groups excluding carboxylic acids is 1. The van der Waals surface area contributed by atoms with Crippen LogP contribution in [-0.4, -0.2) is 42.2 Å². The lowest BCUT2D eigenvalue weighted by atomic mass is 10.1. The van der Waals surface area contributed by atoms with E-state index in [2.05, 4.69) is 0 Å². The van der Waals surface area contributed by atoms with Crippen LogP contribution < -0.4 is 0 Å². The minimum absolute atomic E-state index is 0.0796. The highest BCUT2D eigenvalue weighted by Crippen LogP contribution is 2.23. The number of phenols is 1. The van der Waals surface area contributed by atoms with Crippen molar-refractivity contribution in [2.45, 2.75) is 0 Å². The van der Waals surface area contributed by atoms with Gasteiger partial charge in [-0.1, -0.05) is 11.6 Å². The molecule has 0 saturated carbocycles. The van der Waals surface area contributed by atoms with Gasteiger partial charge in [0.15, 0.2) is 0 Å². The van der Waals surface area contributed by atoms with E-state index in [1.54, 1.807) is 11.0 Å². The minimum atomic E-state index is -0.183. The third-order valence-electron chi connectivity index (χ3n) is 2.49. The Morgan fingerprint density at radius 2 is 2.06 bits per heavy atom. The maximum absolute atomic E-state index is 12.0. The molecule has 0 unspecified atom stereocenters. The Labute approximate surface area is 98.4 Å². The molecule has 0 atom stereocenters. The number of hydrogen-bond donors (Lipinski definition) is 1. The van der Waals surface area contributed by atoms with Crippen LogP contribution in [0.1, 0.15) is 10.4 Å². The normalized spacial score (nSPS) is 16.2. The number of ether oxygens (including phenoxy) is 1. The van der Waals surface area contributed by atoms with Crippen molar-refractivity contribution >= 4 is 17.5 Å². The third-order valence-corrected chi connectivity index (χ3v) is 2.72. The van der Waals surface area contributed by atoms with E-state index in [1.807, 2.05) is 0 Å². The van der Waals surface area contributed by atoms with Gasteiger partial charge < -0.3 is 14.7 Å². The van der Waals surface area contributed by atoms with Gasteiger partial charge in [0, 0.05) is 18.1 Å². The van der Waals surface area contributed by atoms with E-state index in [4.69, 9.17) is 16.3 Å². The first-order valence-corrected chi connectivity index (χ1v) is 5.42. The van der Waals surface area contributed by atoms with Gasteiger partial charge in [-0.05, 0) is 18.2 Å². The first-order chi connectivity index (χ1) is 7.68. The van der Waals surface area contributed by atoms with E-state index < -0.39 is 0 Å². The van der Waals surface area contributed by atoms with Crippen LogP contribution in [0.25, 0.3) is 0 Å². The topological polar surface area (TPSA) is 49.8 Å². The summed E-state index contributed by atoms with van der Waals surface area (Å²) < 4.78 is 5.16. The molecule has 1 saturated heterocycles. The average molecular weight is 242 g/mol. The monoisotopic (exact) mass is 241 g/mol. The van der Waals surface area contributed by atoms with Crippen molar-refractivity contribution in [2.24, 2.45) is 0 Å². The molecule has 1 aliphatic rings. The van der Waals surface area contributed by atoms with E-state index in [-0.39, 0.29) is 17.2 Å². The Morgan fingerprint density at radius 3 is 2.69 bits per heavy atom. The lowest BCUT2D eigenvalue weighted by Crippen LogP contribution is -2.40. The molecule has 4 nitrogen and oxygen atoms in total. The predicted octanol–water partition coefficient (Wildman–Crippen LogP) is 1.52. The number of benzene rings is 1. The number of phenolic OH excluding ortho intramolecular Hbond substituents is 1. The predicted molar refractivity (Wildman–Crippen MR) is 59.8 cm³/mol. The molecule has 5 heteroatoms. The lowest BCUT2D eigenvalue weighted by molar-refractivity contribution is 0.0301. The second-order valence-corrected chi connectivity index (χ2v) is 4.00. The Hall–Kier alpha value is -1.26. The fraction of sp³-hybridized carbons (Fsp3) is 0.364. The summed E-state index contributed by atoms with van der Waals surface area (Å²) in [5.74, 6) is -0.263. The zero-order chi connectivity index (χ0) is 11.5. The Kier molecular flexibility index (Phi) is 3.31. The van der Waals surface area contributed by atoms with Crippen LogP contribution in [0, 0.1) is 0 Å². The molecule has 1 N–H and O–H groups in total. The van der Waals surface area contributed by atoms with Crippen LogP contribution in [0.4, 0.5) is 0 Å². The van der Waals surface area contributed by atoms with E-state index >= 15 is 0 Å². The van der Waals surface area contributed by atoms with Crippen molar-refractivity contribution in [2.75, 3.05) is 26.3 Å². The molecule has 2 rings (SSSR count). The van der Waals surface area contributed by atoms with Gasteiger partial charge in [-0.2, -0.15) is 0 Å². The minimum Gasteiger partial charge on any atom is -0.507 e. The van der Waals surface area contributed by atoms with Gasteiger partial charge in [0.2, 0.25) is 0 Å². The molecule has 86 valence electrons. The molecule has 0 radical (unpaired) electrons.